The van der Waals surface area contributed by atoms with Gasteiger partial charge >= 0.3 is 0 Å². The number of nitrogens with zero attached hydrogens (tertiary/aromatic N) is 2. The predicted molar refractivity (Wildman–Crippen MR) is 112 cm³/mol. The number of carbonyl (C=O) groups is 1. The Morgan fingerprint density at radius 2 is 2.07 bits per heavy atom. The van der Waals surface area contributed by atoms with Gasteiger partial charge in [-0.3, -0.25) is 4.79 Å². The molecule has 5 rings (SSSR count). The Bertz CT molecular complexity index is 1070. The fourth-order valence-corrected chi connectivity index (χ4v) is 6.25. The van der Waals surface area contributed by atoms with Gasteiger partial charge in [-0.15, -0.1) is 11.3 Å². The third-order valence-corrected chi connectivity index (χ3v) is 7.72. The zero-order chi connectivity index (χ0) is 19.3. The number of halogens is 1. The van der Waals surface area contributed by atoms with E-state index in [1.54, 1.807) is 29.5 Å². The number of hydrogen-bond acceptors (Lipinski definition) is 5. The van der Waals surface area contributed by atoms with Crippen molar-refractivity contribution in [3.05, 3.63) is 51.9 Å². The summed E-state index contributed by atoms with van der Waals surface area (Å²) in [6.07, 6.45) is 5.63. The second-order valence-corrected chi connectivity index (χ2v) is 9.93. The quantitative estimate of drug-likeness (QED) is 0.301. The van der Waals surface area contributed by atoms with Crippen molar-refractivity contribution in [2.45, 2.75) is 50.0 Å². The molecule has 3 nitrogen and oxygen atoms in total. The Labute approximate surface area is 171 Å². The standard InChI is InChI=1S/C22H21FN2OS2/c1-12-6-9-15-18(10-12)28-22-19(15)21(24-20(25-22)13-7-8-13)27-11-17(26)14-4-2-3-5-16(14)23/h2-5,12-13H,6-11H2,1H3/t12-/m1/s1. The smallest absolute Gasteiger partial charge is 0.176 e. The molecule has 2 aromatic heterocycles. The lowest BCUT2D eigenvalue weighted by Crippen LogP contribution is -2.09. The lowest BCUT2D eigenvalue weighted by molar-refractivity contribution is 0.101. The molecule has 0 amide bonds. The van der Waals surface area contributed by atoms with Gasteiger partial charge in [0, 0.05) is 16.2 Å². The molecular weight excluding hydrogens is 391 g/mol. The van der Waals surface area contributed by atoms with E-state index in [0.29, 0.717) is 11.8 Å². The summed E-state index contributed by atoms with van der Waals surface area (Å²) in [7, 11) is 0. The van der Waals surface area contributed by atoms with Gasteiger partial charge in [-0.25, -0.2) is 14.4 Å². The summed E-state index contributed by atoms with van der Waals surface area (Å²) in [6.45, 7) is 2.30. The fourth-order valence-electron chi connectivity index (χ4n) is 3.85. The third-order valence-electron chi connectivity index (χ3n) is 5.60. The van der Waals surface area contributed by atoms with Crippen molar-refractivity contribution >= 4 is 39.1 Å². The topological polar surface area (TPSA) is 42.9 Å². The summed E-state index contributed by atoms with van der Waals surface area (Å²) in [5, 5.41) is 2.05. The number of fused-ring (bicyclic) bond motifs is 3. The van der Waals surface area contributed by atoms with Crippen LogP contribution in [0.2, 0.25) is 0 Å². The number of benzene rings is 1. The van der Waals surface area contributed by atoms with Crippen molar-refractivity contribution in [2.24, 2.45) is 5.92 Å². The molecule has 0 bridgehead atoms. The first kappa shape index (κ1) is 18.3. The van der Waals surface area contributed by atoms with Crippen LogP contribution in [0.15, 0.2) is 29.3 Å². The molecule has 2 aliphatic rings. The van der Waals surface area contributed by atoms with Crippen molar-refractivity contribution in [1.29, 1.82) is 0 Å². The first-order valence-corrected chi connectivity index (χ1v) is 11.6. The molecule has 2 aliphatic carbocycles. The molecule has 0 unspecified atom stereocenters. The molecule has 1 fully saturated rings. The normalized spacial score (nSPS) is 19.0. The van der Waals surface area contributed by atoms with Crippen LogP contribution in [-0.2, 0) is 12.8 Å². The highest BCUT2D eigenvalue weighted by Gasteiger charge is 2.30. The van der Waals surface area contributed by atoms with E-state index in [9.17, 15) is 9.18 Å². The van der Waals surface area contributed by atoms with E-state index in [4.69, 9.17) is 9.97 Å². The van der Waals surface area contributed by atoms with E-state index in [0.717, 1.165) is 46.8 Å². The van der Waals surface area contributed by atoms with Crippen molar-refractivity contribution in [1.82, 2.24) is 9.97 Å². The third kappa shape index (κ3) is 3.37. The number of thiophene rings is 1. The van der Waals surface area contributed by atoms with Crippen molar-refractivity contribution in [3.63, 3.8) is 0 Å². The molecule has 1 saturated carbocycles. The highest BCUT2D eigenvalue weighted by Crippen LogP contribution is 2.44. The van der Waals surface area contributed by atoms with Gasteiger partial charge in [0.05, 0.1) is 11.3 Å². The summed E-state index contributed by atoms with van der Waals surface area (Å²) in [4.78, 5) is 24.8. The second-order valence-electron chi connectivity index (χ2n) is 7.88. The Morgan fingerprint density at radius 1 is 1.25 bits per heavy atom. The molecule has 2 heterocycles. The number of carbonyl (C=O) groups excluding carboxylic acids is 1. The minimum absolute atomic E-state index is 0.156. The molecule has 0 spiro atoms. The number of aryl methyl sites for hydroxylation is 1. The summed E-state index contributed by atoms with van der Waals surface area (Å²) >= 11 is 3.24. The summed E-state index contributed by atoms with van der Waals surface area (Å²) < 4.78 is 14.0. The van der Waals surface area contributed by atoms with Crippen LogP contribution in [0.5, 0.6) is 0 Å². The average Bonchev–Trinajstić information content (AvgIpc) is 3.47. The number of rotatable bonds is 5. The molecule has 1 aromatic carbocycles. The Hall–Kier alpha value is -1.79. The predicted octanol–water partition coefficient (Wildman–Crippen LogP) is 5.81. The minimum atomic E-state index is -0.457. The van der Waals surface area contributed by atoms with Crippen molar-refractivity contribution in [3.8, 4) is 0 Å². The van der Waals surface area contributed by atoms with E-state index >= 15 is 0 Å². The maximum atomic E-state index is 14.0. The van der Waals surface area contributed by atoms with Gasteiger partial charge in [0.1, 0.15) is 21.5 Å². The lowest BCUT2D eigenvalue weighted by atomic mass is 9.89. The zero-order valence-electron chi connectivity index (χ0n) is 15.7. The van der Waals surface area contributed by atoms with Crippen LogP contribution >= 0.6 is 23.1 Å². The Morgan fingerprint density at radius 3 is 2.86 bits per heavy atom. The molecule has 0 N–H and O–H groups in total. The minimum Gasteiger partial charge on any atom is -0.293 e. The maximum Gasteiger partial charge on any atom is 0.176 e. The molecule has 6 heteroatoms. The number of Topliss-reactive ketones (excluding diaryl/α,β-unsaturated/α-hetero) is 1. The van der Waals surface area contributed by atoms with Gasteiger partial charge in [-0.2, -0.15) is 0 Å². The van der Waals surface area contributed by atoms with Crippen LogP contribution in [0.3, 0.4) is 0 Å². The van der Waals surface area contributed by atoms with Crippen molar-refractivity contribution in [2.75, 3.05) is 5.75 Å². The fraction of sp³-hybridized carbons (Fsp3) is 0.409. The lowest BCUT2D eigenvalue weighted by Gasteiger charge is -2.18. The van der Waals surface area contributed by atoms with Gasteiger partial charge in [-0.05, 0) is 55.7 Å². The van der Waals surface area contributed by atoms with E-state index in [2.05, 4.69) is 6.92 Å². The van der Waals surface area contributed by atoms with Crippen LogP contribution in [0.25, 0.3) is 10.2 Å². The number of aromatic nitrogens is 2. The monoisotopic (exact) mass is 412 g/mol. The summed E-state index contributed by atoms with van der Waals surface area (Å²) in [5.74, 6) is 1.62. The summed E-state index contributed by atoms with van der Waals surface area (Å²) in [5.41, 5.74) is 1.53. The van der Waals surface area contributed by atoms with Crippen LogP contribution < -0.4 is 0 Å². The van der Waals surface area contributed by atoms with Gasteiger partial charge in [-0.1, -0.05) is 30.8 Å². The molecule has 28 heavy (non-hydrogen) atoms. The first-order chi connectivity index (χ1) is 13.6. The van der Waals surface area contributed by atoms with Crippen LogP contribution in [0.1, 0.15) is 58.7 Å². The Kier molecular flexibility index (Phi) is 4.71. The largest absolute Gasteiger partial charge is 0.293 e. The molecule has 144 valence electrons. The van der Waals surface area contributed by atoms with E-state index in [1.807, 2.05) is 0 Å². The second kappa shape index (κ2) is 7.23. The van der Waals surface area contributed by atoms with Crippen LogP contribution in [-0.4, -0.2) is 21.5 Å². The van der Waals surface area contributed by atoms with Crippen LogP contribution in [0, 0.1) is 11.7 Å². The van der Waals surface area contributed by atoms with E-state index in [1.165, 1.54) is 34.7 Å². The van der Waals surface area contributed by atoms with Crippen LogP contribution in [0.4, 0.5) is 4.39 Å². The highest BCUT2D eigenvalue weighted by atomic mass is 32.2. The average molecular weight is 413 g/mol. The molecule has 0 aliphatic heterocycles. The molecule has 0 radical (unpaired) electrons. The SMILES string of the molecule is C[C@@H]1CCc2c(sc3nc(C4CC4)nc(SCC(=O)c4ccccc4F)c23)C1. The summed E-state index contributed by atoms with van der Waals surface area (Å²) in [6, 6.07) is 6.19. The van der Waals surface area contributed by atoms with Gasteiger partial charge in [0.2, 0.25) is 0 Å². The molecule has 3 aromatic rings. The number of thioether (sulfide) groups is 1. The number of ketones is 1. The molecule has 0 saturated heterocycles. The first-order valence-electron chi connectivity index (χ1n) is 9.83. The number of hydrogen-bond donors (Lipinski definition) is 0. The molecule has 1 atom stereocenters. The maximum absolute atomic E-state index is 14.0. The van der Waals surface area contributed by atoms with Gasteiger partial charge in [0.15, 0.2) is 5.78 Å². The van der Waals surface area contributed by atoms with E-state index in [-0.39, 0.29) is 17.1 Å². The zero-order valence-corrected chi connectivity index (χ0v) is 17.3. The van der Waals surface area contributed by atoms with Gasteiger partial charge in [0.25, 0.3) is 0 Å². The van der Waals surface area contributed by atoms with Gasteiger partial charge < -0.3 is 0 Å². The van der Waals surface area contributed by atoms with E-state index < -0.39 is 5.82 Å². The molecular formula is C22H21FN2OS2. The van der Waals surface area contributed by atoms with Crippen molar-refractivity contribution < 1.29 is 9.18 Å². The Balaban J connectivity index is 1.50. The highest BCUT2D eigenvalue weighted by molar-refractivity contribution is 8.00.